The van der Waals surface area contributed by atoms with Crippen LogP contribution in [0.1, 0.15) is 0 Å². The monoisotopic (exact) mass is 278 g/mol. The third-order valence-corrected chi connectivity index (χ3v) is 1.24. The topological polar surface area (TPSA) is 107 Å². The second-order valence-electron chi connectivity index (χ2n) is 2.36. The minimum Gasteiger partial charge on any atom is -0.478 e. The Morgan fingerprint density at radius 2 is 1.28 bits per heavy atom. The lowest BCUT2D eigenvalue weighted by Gasteiger charge is -1.85. The van der Waals surface area contributed by atoms with Crippen molar-refractivity contribution in [2.45, 2.75) is 0 Å². The lowest BCUT2D eigenvalue weighted by molar-refractivity contribution is -0.136. The van der Waals surface area contributed by atoms with Gasteiger partial charge in [0.1, 0.15) is 0 Å². The van der Waals surface area contributed by atoms with Gasteiger partial charge in [0.15, 0.2) is 0 Å². The molecule has 0 bridgehead atoms. The van der Waals surface area contributed by atoms with Crippen molar-refractivity contribution >= 4 is 34.8 Å². The van der Waals surface area contributed by atoms with E-state index in [0.717, 1.165) is 18.2 Å². The van der Waals surface area contributed by atoms with Crippen molar-refractivity contribution in [1.29, 1.82) is 0 Å². The molecule has 0 fully saturated rings. The van der Waals surface area contributed by atoms with Crippen LogP contribution in [0.15, 0.2) is 24.3 Å². The molecule has 7 nitrogen and oxygen atoms in total. The first-order chi connectivity index (χ1) is 8.33. The Bertz CT molecular complexity index is 334. The molecule has 0 spiro atoms. The standard InChI is InChI=1S/C5H5ClO3.C5H6O4/c2*1-9-5(8)3-2-4(6)7/h2-3H,1H3;2-3H,1H3,(H,6,7)/b2*3-2+. The Kier molecular flexibility index (Phi) is 11.5. The lowest BCUT2D eigenvalue weighted by Crippen LogP contribution is -1.96. The Morgan fingerprint density at radius 3 is 1.56 bits per heavy atom. The largest absolute Gasteiger partial charge is 0.478 e. The van der Waals surface area contributed by atoms with Crippen LogP contribution in [-0.4, -0.2) is 42.5 Å². The van der Waals surface area contributed by atoms with Crippen LogP contribution in [0.25, 0.3) is 0 Å². The molecule has 0 aromatic heterocycles. The summed E-state index contributed by atoms with van der Waals surface area (Å²) in [5.74, 6) is -2.43. The summed E-state index contributed by atoms with van der Waals surface area (Å²) in [6.45, 7) is 0. The van der Waals surface area contributed by atoms with Crippen molar-refractivity contribution < 1.29 is 33.8 Å². The quantitative estimate of drug-likeness (QED) is 0.447. The SMILES string of the molecule is COC(=O)/C=C/C(=O)Cl.COC(=O)/C=C/C(=O)O. The maximum absolute atomic E-state index is 10.2. The van der Waals surface area contributed by atoms with Gasteiger partial charge in [-0.25, -0.2) is 14.4 Å². The summed E-state index contributed by atoms with van der Waals surface area (Å²) in [7, 11) is 2.39. The molecule has 0 unspecified atom stereocenters. The molecule has 0 aromatic carbocycles. The highest BCUT2D eigenvalue weighted by molar-refractivity contribution is 6.66. The molecule has 18 heavy (non-hydrogen) atoms. The molecule has 0 amide bonds. The number of carbonyl (C=O) groups excluding carboxylic acids is 3. The number of carboxylic acid groups (broad SMARTS) is 1. The molecule has 8 heteroatoms. The number of rotatable bonds is 4. The van der Waals surface area contributed by atoms with Crippen molar-refractivity contribution in [3.05, 3.63) is 24.3 Å². The minimum absolute atomic E-state index is 0.594. The van der Waals surface area contributed by atoms with Crippen LogP contribution in [0.3, 0.4) is 0 Å². The Labute approximate surface area is 108 Å². The first kappa shape index (κ1) is 18.2. The fraction of sp³-hybridized carbons (Fsp3) is 0.200. The molecular weight excluding hydrogens is 268 g/mol. The number of allylic oxidation sites excluding steroid dienone is 1. The summed E-state index contributed by atoms with van der Waals surface area (Å²) in [5, 5.41) is 7.27. The molecule has 100 valence electrons. The fourth-order valence-corrected chi connectivity index (χ4v) is 0.472. The number of aliphatic carboxylic acids is 1. The van der Waals surface area contributed by atoms with Crippen LogP contribution in [0, 0.1) is 0 Å². The van der Waals surface area contributed by atoms with Gasteiger partial charge in [-0.05, 0) is 11.6 Å². The van der Waals surface area contributed by atoms with Gasteiger partial charge in [-0.15, -0.1) is 0 Å². The zero-order valence-electron chi connectivity index (χ0n) is 9.58. The van der Waals surface area contributed by atoms with Gasteiger partial charge < -0.3 is 14.6 Å². The van der Waals surface area contributed by atoms with Crippen molar-refractivity contribution in [2.75, 3.05) is 14.2 Å². The summed E-state index contributed by atoms with van der Waals surface area (Å²) in [5.41, 5.74) is 0. The van der Waals surface area contributed by atoms with Crippen molar-refractivity contribution in [2.24, 2.45) is 0 Å². The number of hydrogen-bond acceptors (Lipinski definition) is 6. The highest BCUT2D eigenvalue weighted by Gasteiger charge is 1.92. The van der Waals surface area contributed by atoms with Crippen LogP contribution in [0.5, 0.6) is 0 Å². The smallest absolute Gasteiger partial charge is 0.330 e. The summed E-state index contributed by atoms with van der Waals surface area (Å²) < 4.78 is 8.28. The molecule has 0 saturated carbocycles. The molecular formula is C10H11ClO7. The number of carbonyl (C=O) groups is 4. The zero-order chi connectivity index (χ0) is 14.6. The molecule has 0 rings (SSSR count). The van der Waals surface area contributed by atoms with Crippen molar-refractivity contribution in [3.8, 4) is 0 Å². The number of esters is 2. The van der Waals surface area contributed by atoms with Gasteiger partial charge >= 0.3 is 17.9 Å². The average Bonchev–Trinajstić information content (AvgIpc) is 2.33. The molecule has 0 saturated heterocycles. The van der Waals surface area contributed by atoms with E-state index in [2.05, 4.69) is 9.47 Å². The van der Waals surface area contributed by atoms with Gasteiger partial charge in [0.25, 0.3) is 0 Å². The summed E-state index contributed by atoms with van der Waals surface area (Å²) in [6, 6.07) is 0. The van der Waals surface area contributed by atoms with Crippen LogP contribution in [0.2, 0.25) is 0 Å². The van der Waals surface area contributed by atoms with E-state index in [4.69, 9.17) is 16.7 Å². The van der Waals surface area contributed by atoms with E-state index in [9.17, 15) is 19.2 Å². The van der Waals surface area contributed by atoms with Crippen LogP contribution in [-0.2, 0) is 28.7 Å². The van der Waals surface area contributed by atoms with E-state index < -0.39 is 23.2 Å². The van der Waals surface area contributed by atoms with E-state index >= 15 is 0 Å². The Hall–Kier alpha value is -2.15. The predicted molar refractivity (Wildman–Crippen MR) is 60.8 cm³/mol. The van der Waals surface area contributed by atoms with Gasteiger partial charge in [-0.1, -0.05) is 0 Å². The highest BCUT2D eigenvalue weighted by Crippen LogP contribution is 1.83. The molecule has 0 aromatic rings. The van der Waals surface area contributed by atoms with Gasteiger partial charge in [0, 0.05) is 24.3 Å². The minimum atomic E-state index is -1.17. The lowest BCUT2D eigenvalue weighted by atomic mass is 10.5. The summed E-state index contributed by atoms with van der Waals surface area (Å²) in [6.07, 6.45) is 3.43. The van der Waals surface area contributed by atoms with Gasteiger partial charge in [0.05, 0.1) is 14.2 Å². The first-order valence-corrected chi connectivity index (χ1v) is 4.65. The molecule has 0 radical (unpaired) electrons. The number of carboxylic acids is 1. The third kappa shape index (κ3) is 16.3. The molecule has 0 aliphatic rings. The highest BCUT2D eigenvalue weighted by atomic mass is 35.5. The second-order valence-corrected chi connectivity index (χ2v) is 2.73. The van der Waals surface area contributed by atoms with Gasteiger partial charge in [-0.3, -0.25) is 4.79 Å². The van der Waals surface area contributed by atoms with Gasteiger partial charge in [0.2, 0.25) is 5.24 Å². The first-order valence-electron chi connectivity index (χ1n) is 4.28. The van der Waals surface area contributed by atoms with E-state index in [-0.39, 0.29) is 0 Å². The molecule has 0 atom stereocenters. The zero-order valence-corrected chi connectivity index (χ0v) is 10.3. The predicted octanol–water partition coefficient (Wildman–Crippen LogP) is 0.281. The molecule has 0 heterocycles. The second kappa shape index (κ2) is 11.3. The molecule has 0 aliphatic heterocycles. The van der Waals surface area contributed by atoms with E-state index in [1.165, 1.54) is 14.2 Å². The van der Waals surface area contributed by atoms with Crippen molar-refractivity contribution in [3.63, 3.8) is 0 Å². The summed E-state index contributed by atoms with van der Waals surface area (Å²) >= 11 is 4.85. The number of methoxy groups -OCH3 is 2. The summed E-state index contributed by atoms with van der Waals surface area (Å²) in [4.78, 5) is 40.0. The maximum atomic E-state index is 10.2. The van der Waals surface area contributed by atoms with E-state index in [0.29, 0.717) is 6.08 Å². The Balaban J connectivity index is 0. The third-order valence-electron chi connectivity index (χ3n) is 1.11. The maximum Gasteiger partial charge on any atom is 0.330 e. The fourth-order valence-electron chi connectivity index (χ4n) is 0.409. The molecule has 1 N–H and O–H groups in total. The number of ether oxygens (including phenoxy) is 2. The van der Waals surface area contributed by atoms with E-state index in [1.54, 1.807) is 0 Å². The molecule has 0 aliphatic carbocycles. The van der Waals surface area contributed by atoms with Crippen LogP contribution in [0.4, 0.5) is 0 Å². The van der Waals surface area contributed by atoms with Crippen LogP contribution >= 0.6 is 11.6 Å². The van der Waals surface area contributed by atoms with Crippen molar-refractivity contribution in [1.82, 2.24) is 0 Å². The van der Waals surface area contributed by atoms with Crippen LogP contribution < -0.4 is 0 Å². The number of hydrogen-bond donors (Lipinski definition) is 1. The average molecular weight is 279 g/mol. The van der Waals surface area contributed by atoms with Gasteiger partial charge in [-0.2, -0.15) is 0 Å². The number of halogens is 1. The Morgan fingerprint density at radius 1 is 0.889 bits per heavy atom. The normalized spacial score (nSPS) is 9.50. The van der Waals surface area contributed by atoms with E-state index in [1.807, 2.05) is 0 Å².